The standard InChI is InChI=1S/C12H13ClFN3O/c1-2-3-17-11(7-15-16-17)12(18)8-4-9(13)6-10(14)5-8/h4-7,12,18H,2-3H2,1H3. The minimum atomic E-state index is -0.986. The highest BCUT2D eigenvalue weighted by Crippen LogP contribution is 2.25. The fourth-order valence-electron chi connectivity index (χ4n) is 1.77. The SMILES string of the molecule is CCCn1nncc1C(O)c1cc(F)cc(Cl)c1. The van der Waals surface area contributed by atoms with Crippen molar-refractivity contribution < 1.29 is 9.50 Å². The van der Waals surface area contributed by atoms with Gasteiger partial charge in [0.15, 0.2) is 0 Å². The summed E-state index contributed by atoms with van der Waals surface area (Å²) in [6.45, 7) is 2.65. The lowest BCUT2D eigenvalue weighted by Crippen LogP contribution is -2.10. The van der Waals surface area contributed by atoms with Gasteiger partial charge < -0.3 is 5.11 Å². The molecular weight excluding hydrogens is 257 g/mol. The Kier molecular flexibility index (Phi) is 3.93. The maximum Gasteiger partial charge on any atom is 0.125 e. The molecule has 1 aromatic carbocycles. The predicted molar refractivity (Wildman–Crippen MR) is 65.8 cm³/mol. The van der Waals surface area contributed by atoms with E-state index in [2.05, 4.69) is 10.3 Å². The minimum Gasteiger partial charge on any atom is -0.382 e. The molecule has 0 aliphatic heterocycles. The van der Waals surface area contributed by atoms with Crippen molar-refractivity contribution in [3.8, 4) is 0 Å². The van der Waals surface area contributed by atoms with Crippen LogP contribution in [0.2, 0.25) is 5.02 Å². The van der Waals surface area contributed by atoms with Gasteiger partial charge in [-0.1, -0.05) is 23.7 Å². The summed E-state index contributed by atoms with van der Waals surface area (Å²) >= 11 is 5.77. The second kappa shape index (κ2) is 5.46. The molecule has 1 heterocycles. The van der Waals surface area contributed by atoms with Gasteiger partial charge in [-0.15, -0.1) is 5.10 Å². The van der Waals surface area contributed by atoms with Gasteiger partial charge in [0.2, 0.25) is 0 Å². The molecule has 18 heavy (non-hydrogen) atoms. The maximum absolute atomic E-state index is 13.2. The van der Waals surface area contributed by atoms with E-state index in [-0.39, 0.29) is 5.02 Å². The quantitative estimate of drug-likeness (QED) is 0.928. The zero-order chi connectivity index (χ0) is 13.1. The zero-order valence-electron chi connectivity index (χ0n) is 9.85. The van der Waals surface area contributed by atoms with Crippen molar-refractivity contribution in [1.29, 1.82) is 0 Å². The minimum absolute atomic E-state index is 0.249. The first-order valence-corrected chi connectivity index (χ1v) is 6.02. The number of halogens is 2. The van der Waals surface area contributed by atoms with Crippen LogP contribution in [0.1, 0.15) is 30.7 Å². The van der Waals surface area contributed by atoms with Crippen molar-refractivity contribution in [1.82, 2.24) is 15.0 Å². The Morgan fingerprint density at radius 1 is 1.44 bits per heavy atom. The van der Waals surface area contributed by atoms with Gasteiger partial charge >= 0.3 is 0 Å². The van der Waals surface area contributed by atoms with Crippen LogP contribution in [0.15, 0.2) is 24.4 Å². The highest BCUT2D eigenvalue weighted by atomic mass is 35.5. The van der Waals surface area contributed by atoms with Crippen LogP contribution >= 0.6 is 11.6 Å². The smallest absolute Gasteiger partial charge is 0.125 e. The van der Waals surface area contributed by atoms with Crippen LogP contribution in [0.3, 0.4) is 0 Å². The number of aromatic nitrogens is 3. The topological polar surface area (TPSA) is 50.9 Å². The van der Waals surface area contributed by atoms with Crippen LogP contribution in [0.5, 0.6) is 0 Å². The van der Waals surface area contributed by atoms with Gasteiger partial charge in [-0.25, -0.2) is 9.07 Å². The largest absolute Gasteiger partial charge is 0.382 e. The van der Waals surface area contributed by atoms with E-state index in [1.807, 2.05) is 6.92 Å². The predicted octanol–water partition coefficient (Wildman–Crippen LogP) is 2.56. The van der Waals surface area contributed by atoms with Crippen molar-refractivity contribution in [2.45, 2.75) is 26.0 Å². The Bertz CT molecular complexity index is 524. The summed E-state index contributed by atoms with van der Waals surface area (Å²) in [5, 5.41) is 18.1. The molecule has 4 nitrogen and oxygen atoms in total. The normalized spacial score (nSPS) is 12.7. The first-order valence-electron chi connectivity index (χ1n) is 5.64. The molecule has 0 aliphatic carbocycles. The van der Waals surface area contributed by atoms with Crippen LogP contribution < -0.4 is 0 Å². The average Bonchev–Trinajstić information content (AvgIpc) is 2.75. The fraction of sp³-hybridized carbons (Fsp3) is 0.333. The third kappa shape index (κ3) is 2.68. The lowest BCUT2D eigenvalue weighted by atomic mass is 10.1. The summed E-state index contributed by atoms with van der Waals surface area (Å²) in [6, 6.07) is 3.97. The molecule has 1 unspecified atom stereocenters. The molecule has 0 saturated heterocycles. The van der Waals surface area contributed by atoms with E-state index in [1.165, 1.54) is 24.4 Å². The highest BCUT2D eigenvalue weighted by Gasteiger charge is 2.17. The van der Waals surface area contributed by atoms with Gasteiger partial charge in [0.1, 0.15) is 11.9 Å². The van der Waals surface area contributed by atoms with Crippen molar-refractivity contribution >= 4 is 11.6 Å². The molecule has 96 valence electrons. The van der Waals surface area contributed by atoms with E-state index in [1.54, 1.807) is 4.68 Å². The number of hydrogen-bond donors (Lipinski definition) is 1. The second-order valence-corrected chi connectivity index (χ2v) is 4.42. The van der Waals surface area contributed by atoms with Crippen LogP contribution in [0, 0.1) is 5.82 Å². The van der Waals surface area contributed by atoms with E-state index in [0.29, 0.717) is 17.8 Å². The molecule has 6 heteroatoms. The molecule has 1 N–H and O–H groups in total. The molecule has 0 amide bonds. The van der Waals surface area contributed by atoms with Crippen molar-refractivity contribution in [2.75, 3.05) is 0 Å². The summed E-state index contributed by atoms with van der Waals surface area (Å²) in [6.07, 6.45) is 1.35. The Hall–Kier alpha value is -1.46. The molecule has 0 fully saturated rings. The van der Waals surface area contributed by atoms with E-state index in [4.69, 9.17) is 11.6 Å². The molecule has 0 bridgehead atoms. The Morgan fingerprint density at radius 2 is 2.22 bits per heavy atom. The second-order valence-electron chi connectivity index (χ2n) is 3.99. The van der Waals surface area contributed by atoms with Gasteiger partial charge in [0.05, 0.1) is 11.9 Å². The van der Waals surface area contributed by atoms with E-state index < -0.39 is 11.9 Å². The number of hydrogen-bond acceptors (Lipinski definition) is 3. The van der Waals surface area contributed by atoms with E-state index in [0.717, 1.165) is 6.42 Å². The first kappa shape index (κ1) is 13.0. The molecule has 1 atom stereocenters. The molecule has 2 rings (SSSR count). The van der Waals surface area contributed by atoms with Gasteiger partial charge in [0.25, 0.3) is 0 Å². The Morgan fingerprint density at radius 3 is 2.89 bits per heavy atom. The van der Waals surface area contributed by atoms with Gasteiger partial charge in [-0.2, -0.15) is 0 Å². The summed E-state index contributed by atoms with van der Waals surface area (Å²) in [7, 11) is 0. The molecule has 1 aromatic heterocycles. The van der Waals surface area contributed by atoms with Gasteiger partial charge in [0, 0.05) is 11.6 Å². The number of nitrogens with zero attached hydrogens (tertiary/aromatic N) is 3. The van der Waals surface area contributed by atoms with Crippen LogP contribution in [0.25, 0.3) is 0 Å². The van der Waals surface area contributed by atoms with Gasteiger partial charge in [-0.05, 0) is 30.2 Å². The molecule has 0 saturated carbocycles. The summed E-state index contributed by atoms with van der Waals surface area (Å²) in [5.74, 6) is -0.480. The number of aliphatic hydroxyl groups excluding tert-OH is 1. The van der Waals surface area contributed by atoms with Crippen molar-refractivity contribution in [3.63, 3.8) is 0 Å². The third-order valence-electron chi connectivity index (χ3n) is 2.56. The number of aliphatic hydroxyl groups is 1. The molecule has 2 aromatic rings. The fourth-order valence-corrected chi connectivity index (χ4v) is 2.00. The van der Waals surface area contributed by atoms with Crippen LogP contribution in [0.4, 0.5) is 4.39 Å². The monoisotopic (exact) mass is 269 g/mol. The Balaban J connectivity index is 2.34. The molecule has 0 aliphatic rings. The molecule has 0 radical (unpaired) electrons. The summed E-state index contributed by atoms with van der Waals surface area (Å²) in [5.41, 5.74) is 0.915. The van der Waals surface area contributed by atoms with Crippen molar-refractivity contribution in [2.24, 2.45) is 0 Å². The lowest BCUT2D eigenvalue weighted by molar-refractivity contribution is 0.207. The van der Waals surface area contributed by atoms with Crippen molar-refractivity contribution in [3.05, 3.63) is 46.5 Å². The number of aryl methyl sites for hydroxylation is 1. The lowest BCUT2D eigenvalue weighted by Gasteiger charge is -2.12. The zero-order valence-corrected chi connectivity index (χ0v) is 10.6. The maximum atomic E-state index is 13.2. The summed E-state index contributed by atoms with van der Waals surface area (Å²) in [4.78, 5) is 0. The van der Waals surface area contributed by atoms with E-state index in [9.17, 15) is 9.50 Å². The van der Waals surface area contributed by atoms with Crippen LogP contribution in [-0.4, -0.2) is 20.1 Å². The summed E-state index contributed by atoms with van der Waals surface area (Å²) < 4.78 is 14.8. The third-order valence-corrected chi connectivity index (χ3v) is 2.78. The van der Waals surface area contributed by atoms with E-state index >= 15 is 0 Å². The first-order chi connectivity index (χ1) is 8.61. The van der Waals surface area contributed by atoms with Gasteiger partial charge in [-0.3, -0.25) is 0 Å². The number of benzene rings is 1. The molecular formula is C12H13ClFN3O. The highest BCUT2D eigenvalue weighted by molar-refractivity contribution is 6.30. The molecule has 0 spiro atoms. The van der Waals surface area contributed by atoms with Crippen LogP contribution in [-0.2, 0) is 6.54 Å². The Labute approximate surface area is 109 Å². The number of rotatable bonds is 4. The average molecular weight is 270 g/mol.